The molecule has 0 bridgehead atoms. The minimum Gasteiger partial charge on any atom is -0.322 e. The molecule has 7 heteroatoms. The van der Waals surface area contributed by atoms with Crippen LogP contribution in [0.5, 0.6) is 0 Å². The zero-order chi connectivity index (χ0) is 16.2. The van der Waals surface area contributed by atoms with Crippen LogP contribution in [0.3, 0.4) is 0 Å². The van der Waals surface area contributed by atoms with Crippen LogP contribution < -0.4 is 10.5 Å². The maximum absolute atomic E-state index is 12.0. The predicted molar refractivity (Wildman–Crippen MR) is 81.5 cm³/mol. The molecule has 0 saturated heterocycles. The van der Waals surface area contributed by atoms with E-state index in [9.17, 15) is 13.2 Å². The lowest BCUT2D eigenvalue weighted by Crippen LogP contribution is -2.14. The molecule has 0 aliphatic carbocycles. The second-order valence-electron chi connectivity index (χ2n) is 4.56. The molecular formula is C15H13N3O3S. The third kappa shape index (κ3) is 3.91. The molecule has 0 atom stereocenters. The number of rotatable bonds is 4. The van der Waals surface area contributed by atoms with Crippen LogP contribution in [0.15, 0.2) is 53.4 Å². The number of carbonyl (C=O) groups is 1. The van der Waals surface area contributed by atoms with Gasteiger partial charge in [-0.3, -0.25) is 4.79 Å². The van der Waals surface area contributed by atoms with Gasteiger partial charge in [0.1, 0.15) is 0 Å². The summed E-state index contributed by atoms with van der Waals surface area (Å²) >= 11 is 0. The smallest absolute Gasteiger partial charge is 0.255 e. The van der Waals surface area contributed by atoms with Gasteiger partial charge in [-0.05, 0) is 42.0 Å². The first-order valence-corrected chi connectivity index (χ1v) is 7.85. The number of amides is 1. The Morgan fingerprint density at radius 1 is 1.09 bits per heavy atom. The first-order chi connectivity index (χ1) is 10.4. The Kier molecular flexibility index (Phi) is 4.56. The highest BCUT2D eigenvalue weighted by Crippen LogP contribution is 2.13. The number of nitrogens with zero attached hydrogens (tertiary/aromatic N) is 1. The van der Waals surface area contributed by atoms with E-state index in [0.29, 0.717) is 17.7 Å². The van der Waals surface area contributed by atoms with Crippen LogP contribution >= 0.6 is 0 Å². The summed E-state index contributed by atoms with van der Waals surface area (Å²) in [5, 5.41) is 16.3. The average Bonchev–Trinajstić information content (AvgIpc) is 2.49. The van der Waals surface area contributed by atoms with E-state index in [1.54, 1.807) is 24.3 Å². The molecule has 0 fully saturated rings. The molecule has 0 heterocycles. The van der Waals surface area contributed by atoms with E-state index in [1.165, 1.54) is 24.3 Å². The molecule has 0 saturated carbocycles. The lowest BCUT2D eigenvalue weighted by atomic mass is 10.1. The SMILES string of the molecule is N#CCc1ccc(NC(=O)c2ccc(S(N)(=O)=O)cc2)cc1. The molecule has 0 aliphatic heterocycles. The number of primary sulfonamides is 1. The molecule has 0 radical (unpaired) electrons. The zero-order valence-corrected chi connectivity index (χ0v) is 12.3. The Labute approximate surface area is 128 Å². The van der Waals surface area contributed by atoms with Crippen LogP contribution in [0.2, 0.25) is 0 Å². The fourth-order valence-corrected chi connectivity index (χ4v) is 2.31. The van der Waals surface area contributed by atoms with Gasteiger partial charge in [0.15, 0.2) is 0 Å². The lowest BCUT2D eigenvalue weighted by molar-refractivity contribution is 0.102. The summed E-state index contributed by atoms with van der Waals surface area (Å²) in [6.45, 7) is 0. The molecule has 0 unspecified atom stereocenters. The van der Waals surface area contributed by atoms with Crippen molar-refractivity contribution >= 4 is 21.6 Å². The average molecular weight is 315 g/mol. The lowest BCUT2D eigenvalue weighted by Gasteiger charge is -2.06. The zero-order valence-electron chi connectivity index (χ0n) is 11.5. The van der Waals surface area contributed by atoms with Gasteiger partial charge in [0, 0.05) is 11.3 Å². The van der Waals surface area contributed by atoms with Gasteiger partial charge in [-0.1, -0.05) is 12.1 Å². The van der Waals surface area contributed by atoms with Crippen molar-refractivity contribution in [3.8, 4) is 6.07 Å². The topological polar surface area (TPSA) is 113 Å². The molecule has 22 heavy (non-hydrogen) atoms. The van der Waals surface area contributed by atoms with Gasteiger partial charge in [-0.2, -0.15) is 5.26 Å². The number of nitriles is 1. The van der Waals surface area contributed by atoms with Crippen molar-refractivity contribution in [3.63, 3.8) is 0 Å². The summed E-state index contributed by atoms with van der Waals surface area (Å²) in [4.78, 5) is 12.0. The second-order valence-corrected chi connectivity index (χ2v) is 6.12. The van der Waals surface area contributed by atoms with E-state index in [2.05, 4.69) is 5.32 Å². The first-order valence-electron chi connectivity index (χ1n) is 6.30. The summed E-state index contributed by atoms with van der Waals surface area (Å²) < 4.78 is 22.3. The predicted octanol–water partition coefficient (Wildman–Crippen LogP) is 1.65. The minimum absolute atomic E-state index is 0.0510. The van der Waals surface area contributed by atoms with Gasteiger partial charge in [-0.25, -0.2) is 13.6 Å². The number of sulfonamides is 1. The highest BCUT2D eigenvalue weighted by Gasteiger charge is 2.10. The van der Waals surface area contributed by atoms with E-state index in [-0.39, 0.29) is 10.8 Å². The number of nitrogens with two attached hydrogens (primary N) is 1. The van der Waals surface area contributed by atoms with Crippen molar-refractivity contribution in [2.24, 2.45) is 5.14 Å². The Morgan fingerprint density at radius 2 is 1.68 bits per heavy atom. The van der Waals surface area contributed by atoms with Crippen LogP contribution in [0, 0.1) is 11.3 Å². The van der Waals surface area contributed by atoms with Crippen LogP contribution in [0.4, 0.5) is 5.69 Å². The highest BCUT2D eigenvalue weighted by molar-refractivity contribution is 7.89. The van der Waals surface area contributed by atoms with E-state index in [0.717, 1.165) is 5.56 Å². The highest BCUT2D eigenvalue weighted by atomic mass is 32.2. The van der Waals surface area contributed by atoms with Gasteiger partial charge in [-0.15, -0.1) is 0 Å². The Morgan fingerprint density at radius 3 is 2.18 bits per heavy atom. The summed E-state index contributed by atoms with van der Waals surface area (Å²) in [6, 6.07) is 14.3. The first kappa shape index (κ1) is 15.7. The van der Waals surface area contributed by atoms with Crippen molar-refractivity contribution in [1.29, 1.82) is 5.26 Å². The van der Waals surface area contributed by atoms with Crippen LogP contribution in [-0.2, 0) is 16.4 Å². The van der Waals surface area contributed by atoms with Crippen molar-refractivity contribution in [2.75, 3.05) is 5.32 Å². The number of anilines is 1. The third-order valence-corrected chi connectivity index (χ3v) is 3.87. The largest absolute Gasteiger partial charge is 0.322 e. The van der Waals surface area contributed by atoms with Crippen LogP contribution in [0.25, 0.3) is 0 Å². The normalized spacial score (nSPS) is 10.7. The maximum atomic E-state index is 12.0. The quantitative estimate of drug-likeness (QED) is 0.893. The minimum atomic E-state index is -3.77. The number of benzene rings is 2. The molecule has 0 aromatic heterocycles. The fourth-order valence-electron chi connectivity index (χ4n) is 1.80. The summed E-state index contributed by atoms with van der Waals surface area (Å²) in [5.41, 5.74) is 1.76. The number of hydrogen-bond donors (Lipinski definition) is 2. The number of carbonyl (C=O) groups excluding carboxylic acids is 1. The van der Waals surface area contributed by atoms with Crippen molar-refractivity contribution in [3.05, 3.63) is 59.7 Å². The van der Waals surface area contributed by atoms with E-state index in [4.69, 9.17) is 10.4 Å². The summed E-state index contributed by atoms with van der Waals surface area (Å²) in [5.74, 6) is -0.367. The van der Waals surface area contributed by atoms with E-state index < -0.39 is 10.0 Å². The van der Waals surface area contributed by atoms with Crippen LogP contribution in [0.1, 0.15) is 15.9 Å². The van der Waals surface area contributed by atoms with Gasteiger partial charge in [0.25, 0.3) is 5.91 Å². The fraction of sp³-hybridized carbons (Fsp3) is 0.0667. The molecule has 0 aliphatic rings. The Bertz CT molecular complexity index is 820. The van der Waals surface area contributed by atoms with Crippen LogP contribution in [-0.4, -0.2) is 14.3 Å². The second kappa shape index (κ2) is 6.39. The molecular weight excluding hydrogens is 302 g/mol. The molecule has 2 aromatic carbocycles. The molecule has 3 N–H and O–H groups in total. The van der Waals surface area contributed by atoms with Gasteiger partial charge in [0.05, 0.1) is 17.4 Å². The summed E-state index contributed by atoms with van der Waals surface area (Å²) in [7, 11) is -3.77. The standard InChI is InChI=1S/C15H13N3O3S/c16-10-9-11-1-5-13(6-2-11)18-15(19)12-3-7-14(8-4-12)22(17,20)21/h1-8H,9H2,(H,18,19)(H2,17,20,21). The molecule has 2 rings (SSSR count). The molecule has 2 aromatic rings. The number of nitrogens with one attached hydrogen (secondary N) is 1. The maximum Gasteiger partial charge on any atom is 0.255 e. The van der Waals surface area contributed by atoms with Gasteiger partial charge >= 0.3 is 0 Å². The van der Waals surface area contributed by atoms with E-state index >= 15 is 0 Å². The Balaban J connectivity index is 2.10. The van der Waals surface area contributed by atoms with Crippen molar-refractivity contribution < 1.29 is 13.2 Å². The molecule has 0 spiro atoms. The van der Waals surface area contributed by atoms with E-state index in [1.807, 2.05) is 6.07 Å². The molecule has 1 amide bonds. The molecule has 112 valence electrons. The van der Waals surface area contributed by atoms with Crippen molar-refractivity contribution in [2.45, 2.75) is 11.3 Å². The summed E-state index contributed by atoms with van der Waals surface area (Å²) in [6.07, 6.45) is 0.309. The molecule has 6 nitrogen and oxygen atoms in total. The Hall–Kier alpha value is -2.69. The number of hydrogen-bond acceptors (Lipinski definition) is 4. The monoisotopic (exact) mass is 315 g/mol. The third-order valence-electron chi connectivity index (χ3n) is 2.94. The van der Waals surface area contributed by atoms with Gasteiger partial charge < -0.3 is 5.32 Å². The van der Waals surface area contributed by atoms with Crippen molar-refractivity contribution in [1.82, 2.24) is 0 Å². The van der Waals surface area contributed by atoms with Gasteiger partial charge in [0.2, 0.25) is 10.0 Å².